The van der Waals surface area contributed by atoms with Gasteiger partial charge in [0.05, 0.1) is 0 Å². The van der Waals surface area contributed by atoms with E-state index < -0.39 is 5.97 Å². The Morgan fingerprint density at radius 2 is 2.00 bits per heavy atom. The number of hydrogen-bond acceptors (Lipinski definition) is 2. The summed E-state index contributed by atoms with van der Waals surface area (Å²) in [6, 6.07) is 0. The third kappa shape index (κ3) is 9.52. The predicted octanol–water partition coefficient (Wildman–Crippen LogP) is 2.12. The summed E-state index contributed by atoms with van der Waals surface area (Å²) in [7, 11) is 0. The number of rotatable bonds is 6. The first-order valence-electron chi connectivity index (χ1n) is 5.24. The number of carboxylic acids is 1. The van der Waals surface area contributed by atoms with Gasteiger partial charge in [-0.15, -0.1) is 0 Å². The highest BCUT2D eigenvalue weighted by atomic mass is 16.4. The minimum atomic E-state index is -0.713. The summed E-state index contributed by atoms with van der Waals surface area (Å²) in [6.07, 6.45) is 1.37. The fourth-order valence-corrected chi connectivity index (χ4v) is 1.18. The van der Waals surface area contributed by atoms with Crippen LogP contribution in [0.25, 0.3) is 0 Å². The summed E-state index contributed by atoms with van der Waals surface area (Å²) in [6.45, 7) is 10.3. The molecular weight excluding hydrogens is 178 g/mol. The minimum absolute atomic E-state index is 0.215. The van der Waals surface area contributed by atoms with E-state index >= 15 is 0 Å². The van der Waals surface area contributed by atoms with Crippen molar-refractivity contribution in [2.45, 2.75) is 40.5 Å². The maximum absolute atomic E-state index is 10.4. The SMILES string of the molecule is CC(CNCCC(C)(C)C)CC(=O)O. The summed E-state index contributed by atoms with van der Waals surface area (Å²) in [5.74, 6) is -0.498. The second-order valence-electron chi connectivity index (χ2n) is 5.22. The Bertz CT molecular complexity index is 173. The van der Waals surface area contributed by atoms with Crippen molar-refractivity contribution in [3.63, 3.8) is 0 Å². The lowest BCUT2D eigenvalue weighted by atomic mass is 9.92. The van der Waals surface area contributed by atoms with Crippen LogP contribution in [-0.2, 0) is 4.79 Å². The third-order valence-electron chi connectivity index (χ3n) is 2.07. The molecule has 1 atom stereocenters. The zero-order chi connectivity index (χ0) is 11.2. The molecule has 1 unspecified atom stereocenters. The molecule has 84 valence electrons. The maximum Gasteiger partial charge on any atom is 0.303 e. The molecule has 0 aromatic rings. The van der Waals surface area contributed by atoms with E-state index in [1.54, 1.807) is 0 Å². The predicted molar refractivity (Wildman–Crippen MR) is 58.4 cm³/mol. The monoisotopic (exact) mass is 201 g/mol. The van der Waals surface area contributed by atoms with Crippen molar-refractivity contribution in [2.24, 2.45) is 11.3 Å². The Kier molecular flexibility index (Phi) is 5.77. The van der Waals surface area contributed by atoms with Crippen LogP contribution in [0.3, 0.4) is 0 Å². The molecule has 0 spiro atoms. The summed E-state index contributed by atoms with van der Waals surface area (Å²) in [5, 5.41) is 11.8. The zero-order valence-corrected chi connectivity index (χ0v) is 9.76. The molecule has 0 saturated heterocycles. The van der Waals surface area contributed by atoms with Gasteiger partial charge in [-0.2, -0.15) is 0 Å². The molecule has 0 aromatic heterocycles. The van der Waals surface area contributed by atoms with Gasteiger partial charge in [-0.25, -0.2) is 0 Å². The van der Waals surface area contributed by atoms with E-state index in [9.17, 15) is 4.79 Å². The van der Waals surface area contributed by atoms with Crippen LogP contribution in [0.5, 0.6) is 0 Å². The van der Waals surface area contributed by atoms with Gasteiger partial charge in [-0.1, -0.05) is 27.7 Å². The molecule has 14 heavy (non-hydrogen) atoms. The van der Waals surface area contributed by atoms with Gasteiger partial charge in [0.25, 0.3) is 0 Å². The van der Waals surface area contributed by atoms with Gasteiger partial charge in [0.2, 0.25) is 0 Å². The minimum Gasteiger partial charge on any atom is -0.481 e. The van der Waals surface area contributed by atoms with Crippen LogP contribution in [0.2, 0.25) is 0 Å². The highest BCUT2D eigenvalue weighted by molar-refractivity contribution is 5.66. The summed E-state index contributed by atoms with van der Waals surface area (Å²) < 4.78 is 0. The molecule has 0 aliphatic carbocycles. The number of carbonyl (C=O) groups is 1. The van der Waals surface area contributed by atoms with Crippen LogP contribution in [0.15, 0.2) is 0 Å². The van der Waals surface area contributed by atoms with Crippen molar-refractivity contribution in [1.82, 2.24) is 5.32 Å². The van der Waals surface area contributed by atoms with Gasteiger partial charge < -0.3 is 10.4 Å². The molecule has 3 nitrogen and oxygen atoms in total. The van der Waals surface area contributed by atoms with Crippen LogP contribution < -0.4 is 5.32 Å². The van der Waals surface area contributed by atoms with Crippen LogP contribution in [0, 0.1) is 11.3 Å². The number of nitrogens with one attached hydrogen (secondary N) is 1. The van der Waals surface area contributed by atoms with Crippen molar-refractivity contribution >= 4 is 5.97 Å². The van der Waals surface area contributed by atoms with E-state index in [0.29, 0.717) is 5.41 Å². The summed E-state index contributed by atoms with van der Waals surface area (Å²) in [4.78, 5) is 10.4. The van der Waals surface area contributed by atoms with Crippen molar-refractivity contribution in [3.8, 4) is 0 Å². The molecule has 3 heteroatoms. The first-order chi connectivity index (χ1) is 6.31. The number of hydrogen-bond donors (Lipinski definition) is 2. The zero-order valence-electron chi connectivity index (χ0n) is 9.76. The number of aliphatic carboxylic acids is 1. The van der Waals surface area contributed by atoms with Gasteiger partial charge in [-0.3, -0.25) is 4.79 Å². The average Bonchev–Trinajstić information content (AvgIpc) is 1.95. The van der Waals surface area contributed by atoms with E-state index in [-0.39, 0.29) is 12.3 Å². The van der Waals surface area contributed by atoms with Crippen molar-refractivity contribution in [1.29, 1.82) is 0 Å². The molecule has 0 aliphatic rings. The highest BCUT2D eigenvalue weighted by Gasteiger charge is 2.10. The molecule has 0 fully saturated rings. The van der Waals surface area contributed by atoms with E-state index in [2.05, 4.69) is 26.1 Å². The Labute approximate surface area is 86.9 Å². The smallest absolute Gasteiger partial charge is 0.303 e. The van der Waals surface area contributed by atoms with Crippen molar-refractivity contribution in [3.05, 3.63) is 0 Å². The van der Waals surface area contributed by atoms with Crippen molar-refractivity contribution < 1.29 is 9.90 Å². The van der Waals surface area contributed by atoms with E-state index in [0.717, 1.165) is 19.5 Å². The molecule has 0 heterocycles. The molecule has 0 aliphatic heterocycles. The highest BCUT2D eigenvalue weighted by Crippen LogP contribution is 2.16. The first kappa shape index (κ1) is 13.4. The Morgan fingerprint density at radius 1 is 1.43 bits per heavy atom. The Balaban J connectivity index is 3.41. The molecular formula is C11H23NO2. The second kappa shape index (κ2) is 6.02. The van der Waals surface area contributed by atoms with Crippen LogP contribution in [0.1, 0.15) is 40.5 Å². The van der Waals surface area contributed by atoms with E-state index in [1.807, 2.05) is 6.92 Å². The molecule has 0 amide bonds. The van der Waals surface area contributed by atoms with Gasteiger partial charge >= 0.3 is 5.97 Å². The molecule has 0 rings (SSSR count). The largest absolute Gasteiger partial charge is 0.481 e. The van der Waals surface area contributed by atoms with E-state index in [1.165, 1.54) is 0 Å². The van der Waals surface area contributed by atoms with Gasteiger partial charge in [0, 0.05) is 6.42 Å². The summed E-state index contributed by atoms with van der Waals surface area (Å²) in [5.41, 5.74) is 0.350. The van der Waals surface area contributed by atoms with E-state index in [4.69, 9.17) is 5.11 Å². The normalized spacial score (nSPS) is 14.0. The maximum atomic E-state index is 10.4. The first-order valence-corrected chi connectivity index (χ1v) is 5.24. The fraction of sp³-hybridized carbons (Fsp3) is 0.909. The Morgan fingerprint density at radius 3 is 2.43 bits per heavy atom. The van der Waals surface area contributed by atoms with Gasteiger partial charge in [0.15, 0.2) is 0 Å². The van der Waals surface area contributed by atoms with Crippen LogP contribution in [-0.4, -0.2) is 24.2 Å². The molecule has 0 aromatic carbocycles. The van der Waals surface area contributed by atoms with Crippen LogP contribution in [0.4, 0.5) is 0 Å². The molecule has 0 saturated carbocycles. The van der Waals surface area contributed by atoms with Gasteiger partial charge in [-0.05, 0) is 30.8 Å². The lowest BCUT2D eigenvalue weighted by molar-refractivity contribution is -0.137. The quantitative estimate of drug-likeness (QED) is 0.647. The molecule has 0 radical (unpaired) electrons. The lowest BCUT2D eigenvalue weighted by Gasteiger charge is -2.19. The summed E-state index contributed by atoms with van der Waals surface area (Å²) >= 11 is 0. The average molecular weight is 201 g/mol. The fourth-order valence-electron chi connectivity index (χ4n) is 1.18. The van der Waals surface area contributed by atoms with Crippen LogP contribution >= 0.6 is 0 Å². The standard InChI is InChI=1S/C11H23NO2/c1-9(7-10(13)14)8-12-6-5-11(2,3)4/h9,12H,5-8H2,1-4H3,(H,13,14). The third-order valence-corrected chi connectivity index (χ3v) is 2.07. The second-order valence-corrected chi connectivity index (χ2v) is 5.22. The number of carboxylic acid groups (broad SMARTS) is 1. The molecule has 0 bridgehead atoms. The van der Waals surface area contributed by atoms with Gasteiger partial charge in [0.1, 0.15) is 0 Å². The lowest BCUT2D eigenvalue weighted by Crippen LogP contribution is -2.26. The Hall–Kier alpha value is -0.570. The van der Waals surface area contributed by atoms with Crippen molar-refractivity contribution in [2.75, 3.05) is 13.1 Å². The molecule has 2 N–H and O–H groups in total. The topological polar surface area (TPSA) is 49.3 Å².